The third-order valence-electron chi connectivity index (χ3n) is 2.64. The summed E-state index contributed by atoms with van der Waals surface area (Å²) in [4.78, 5) is 0. The van der Waals surface area contributed by atoms with Crippen molar-refractivity contribution in [2.75, 3.05) is 20.2 Å². The van der Waals surface area contributed by atoms with Crippen molar-refractivity contribution in [2.24, 2.45) is 5.73 Å². The van der Waals surface area contributed by atoms with E-state index in [0.717, 1.165) is 15.5 Å². The van der Waals surface area contributed by atoms with Crippen LogP contribution in [0.5, 0.6) is 0 Å². The highest BCUT2D eigenvalue weighted by molar-refractivity contribution is 9.13. The van der Waals surface area contributed by atoms with E-state index in [2.05, 4.69) is 49.3 Å². The molecule has 2 unspecified atom stereocenters. The highest BCUT2D eigenvalue weighted by atomic mass is 79.9. The summed E-state index contributed by atoms with van der Waals surface area (Å²) in [5.41, 5.74) is 6.96. The molecule has 0 aliphatic rings. The highest BCUT2D eigenvalue weighted by Gasteiger charge is 2.11. The third kappa shape index (κ3) is 4.67. The molecule has 3 N–H and O–H groups in total. The maximum absolute atomic E-state index is 5.79. The van der Waals surface area contributed by atoms with Crippen LogP contribution in [0.2, 0.25) is 0 Å². The molecule has 0 spiro atoms. The van der Waals surface area contributed by atoms with Gasteiger partial charge in [-0.3, -0.25) is 0 Å². The van der Waals surface area contributed by atoms with Gasteiger partial charge in [0.05, 0.1) is 6.10 Å². The van der Waals surface area contributed by atoms with Gasteiger partial charge in [0.2, 0.25) is 0 Å². The molecule has 0 radical (unpaired) electrons. The summed E-state index contributed by atoms with van der Waals surface area (Å²) >= 11 is 6.95. The van der Waals surface area contributed by atoms with Gasteiger partial charge in [-0.05, 0) is 56.5 Å². The van der Waals surface area contributed by atoms with Crippen LogP contribution >= 0.6 is 31.9 Å². The molecule has 1 aromatic rings. The summed E-state index contributed by atoms with van der Waals surface area (Å²) in [6, 6.07) is 6.31. The lowest BCUT2D eigenvalue weighted by molar-refractivity contribution is 0.114. The molecule has 3 nitrogen and oxygen atoms in total. The topological polar surface area (TPSA) is 47.3 Å². The zero-order valence-corrected chi connectivity index (χ0v) is 13.2. The van der Waals surface area contributed by atoms with Gasteiger partial charge < -0.3 is 15.8 Å². The van der Waals surface area contributed by atoms with Crippen LogP contribution in [-0.2, 0) is 4.74 Å². The summed E-state index contributed by atoms with van der Waals surface area (Å²) in [7, 11) is 1.71. The molecule has 0 amide bonds. The Morgan fingerprint density at radius 3 is 2.59 bits per heavy atom. The summed E-state index contributed by atoms with van der Waals surface area (Å²) in [5.74, 6) is 0. The van der Waals surface area contributed by atoms with Crippen LogP contribution in [0.1, 0.15) is 18.5 Å². The summed E-state index contributed by atoms with van der Waals surface area (Å²) in [6.07, 6.45) is 0.183. The van der Waals surface area contributed by atoms with Gasteiger partial charge in [0.15, 0.2) is 0 Å². The van der Waals surface area contributed by atoms with Crippen molar-refractivity contribution >= 4 is 31.9 Å². The third-order valence-corrected chi connectivity index (χ3v) is 4.52. The van der Waals surface area contributed by atoms with Gasteiger partial charge >= 0.3 is 0 Å². The Balaban J connectivity index is 2.69. The molecule has 0 heterocycles. The van der Waals surface area contributed by atoms with E-state index in [1.165, 1.54) is 5.56 Å². The Labute approximate surface area is 119 Å². The maximum atomic E-state index is 5.79. The van der Waals surface area contributed by atoms with E-state index in [-0.39, 0.29) is 12.1 Å². The molecule has 0 fully saturated rings. The molecule has 96 valence electrons. The average Bonchev–Trinajstić information content (AvgIpc) is 2.33. The molecule has 0 aromatic heterocycles. The van der Waals surface area contributed by atoms with Crippen molar-refractivity contribution in [3.63, 3.8) is 0 Å². The molecule has 17 heavy (non-hydrogen) atoms. The van der Waals surface area contributed by atoms with Crippen molar-refractivity contribution in [1.29, 1.82) is 0 Å². The van der Waals surface area contributed by atoms with E-state index in [1.54, 1.807) is 7.11 Å². The van der Waals surface area contributed by atoms with Crippen molar-refractivity contribution < 1.29 is 4.74 Å². The Morgan fingerprint density at radius 1 is 1.35 bits per heavy atom. The van der Waals surface area contributed by atoms with Gasteiger partial charge in [-0.25, -0.2) is 0 Å². The van der Waals surface area contributed by atoms with Crippen LogP contribution < -0.4 is 11.1 Å². The molecule has 0 aliphatic carbocycles. The van der Waals surface area contributed by atoms with E-state index in [9.17, 15) is 0 Å². The number of hydrogen-bond acceptors (Lipinski definition) is 3. The average molecular weight is 366 g/mol. The number of methoxy groups -OCH3 is 1. The molecule has 0 saturated carbocycles. The van der Waals surface area contributed by atoms with Gasteiger partial charge in [-0.2, -0.15) is 0 Å². The van der Waals surface area contributed by atoms with E-state index < -0.39 is 0 Å². The number of rotatable bonds is 6. The maximum Gasteiger partial charge on any atom is 0.0667 e. The minimum absolute atomic E-state index is 0.150. The number of benzene rings is 1. The normalized spacial score (nSPS) is 14.6. The fourth-order valence-corrected chi connectivity index (χ4v) is 2.10. The summed E-state index contributed by atoms with van der Waals surface area (Å²) in [5, 5.41) is 3.40. The first-order valence-corrected chi connectivity index (χ1v) is 7.08. The second-order valence-electron chi connectivity index (χ2n) is 3.92. The molecule has 0 aliphatic heterocycles. The lowest BCUT2D eigenvalue weighted by Crippen LogP contribution is -2.33. The van der Waals surface area contributed by atoms with Crippen LogP contribution in [0.25, 0.3) is 0 Å². The van der Waals surface area contributed by atoms with Gasteiger partial charge in [0.1, 0.15) is 0 Å². The zero-order valence-electron chi connectivity index (χ0n) is 10.0. The van der Waals surface area contributed by atoms with Gasteiger partial charge in [-0.15, -0.1) is 0 Å². The molecule has 2 atom stereocenters. The molecule has 0 saturated heterocycles. The predicted octanol–water partition coefficient (Wildman–Crippen LogP) is 2.84. The minimum Gasteiger partial charge on any atom is -0.380 e. The zero-order chi connectivity index (χ0) is 12.8. The molecule has 1 rings (SSSR count). The van der Waals surface area contributed by atoms with Crippen LogP contribution in [0.15, 0.2) is 27.1 Å². The fraction of sp³-hybridized carbons (Fsp3) is 0.500. The first-order chi connectivity index (χ1) is 8.08. The number of halogens is 2. The summed E-state index contributed by atoms with van der Waals surface area (Å²) in [6.45, 7) is 3.37. The van der Waals surface area contributed by atoms with Gasteiger partial charge in [-0.1, -0.05) is 6.07 Å². The fourth-order valence-electron chi connectivity index (χ4n) is 1.46. The van der Waals surface area contributed by atoms with Crippen molar-refractivity contribution in [1.82, 2.24) is 5.32 Å². The molecule has 5 heteroatoms. The lowest BCUT2D eigenvalue weighted by Gasteiger charge is -2.20. The van der Waals surface area contributed by atoms with E-state index in [4.69, 9.17) is 10.5 Å². The van der Waals surface area contributed by atoms with Crippen molar-refractivity contribution in [3.05, 3.63) is 32.7 Å². The number of ether oxygens (including phenoxy) is 1. The van der Waals surface area contributed by atoms with Crippen LogP contribution in [-0.4, -0.2) is 26.3 Å². The Hall–Kier alpha value is 0.0600. The highest BCUT2D eigenvalue weighted by Crippen LogP contribution is 2.26. The van der Waals surface area contributed by atoms with E-state index in [1.807, 2.05) is 13.0 Å². The molecular formula is C12H18Br2N2O. The summed E-state index contributed by atoms with van der Waals surface area (Å²) < 4.78 is 7.28. The second kappa shape index (κ2) is 7.48. The van der Waals surface area contributed by atoms with Crippen LogP contribution in [0, 0.1) is 0 Å². The largest absolute Gasteiger partial charge is 0.380 e. The number of hydrogen-bond donors (Lipinski definition) is 2. The second-order valence-corrected chi connectivity index (χ2v) is 5.63. The first-order valence-electron chi connectivity index (χ1n) is 5.49. The molecule has 1 aromatic carbocycles. The standard InChI is InChI=1S/C12H18Br2N2O/c1-8(17-2)7-16-12(6-15)9-3-4-10(13)11(14)5-9/h3-5,8,12,16H,6-7,15H2,1-2H3. The predicted molar refractivity (Wildman–Crippen MR) is 78.1 cm³/mol. The Bertz CT molecular complexity index is 360. The SMILES string of the molecule is COC(C)CNC(CN)c1ccc(Br)c(Br)c1. The van der Waals surface area contributed by atoms with Crippen molar-refractivity contribution in [2.45, 2.75) is 19.1 Å². The monoisotopic (exact) mass is 364 g/mol. The molecule has 0 bridgehead atoms. The first kappa shape index (κ1) is 15.1. The van der Waals surface area contributed by atoms with Gasteiger partial charge in [0, 0.05) is 35.2 Å². The number of nitrogens with one attached hydrogen (secondary N) is 1. The van der Waals surface area contributed by atoms with E-state index in [0.29, 0.717) is 6.54 Å². The molecular weight excluding hydrogens is 348 g/mol. The number of nitrogens with two attached hydrogens (primary N) is 1. The Morgan fingerprint density at radius 2 is 2.06 bits per heavy atom. The van der Waals surface area contributed by atoms with Crippen molar-refractivity contribution in [3.8, 4) is 0 Å². The minimum atomic E-state index is 0.150. The Kier molecular flexibility index (Phi) is 6.66. The quantitative estimate of drug-likeness (QED) is 0.814. The van der Waals surface area contributed by atoms with Crippen LogP contribution in [0.4, 0.5) is 0 Å². The smallest absolute Gasteiger partial charge is 0.0667 e. The van der Waals surface area contributed by atoms with Crippen LogP contribution in [0.3, 0.4) is 0 Å². The lowest BCUT2D eigenvalue weighted by atomic mass is 10.1. The van der Waals surface area contributed by atoms with Gasteiger partial charge in [0.25, 0.3) is 0 Å². The van der Waals surface area contributed by atoms with E-state index >= 15 is 0 Å².